The van der Waals surface area contributed by atoms with E-state index in [2.05, 4.69) is 20.5 Å². The Morgan fingerprint density at radius 1 is 1.47 bits per heavy atom. The van der Waals surface area contributed by atoms with E-state index in [9.17, 15) is 9.90 Å². The number of carboxylic acids is 1. The zero-order valence-corrected chi connectivity index (χ0v) is 10.8. The van der Waals surface area contributed by atoms with Gasteiger partial charge in [0.05, 0.1) is 11.4 Å². The van der Waals surface area contributed by atoms with E-state index < -0.39 is 5.97 Å². The van der Waals surface area contributed by atoms with Gasteiger partial charge in [-0.3, -0.25) is 4.79 Å². The molecule has 1 aliphatic rings. The van der Waals surface area contributed by atoms with Crippen molar-refractivity contribution in [2.45, 2.75) is 25.3 Å². The molecule has 0 spiro atoms. The van der Waals surface area contributed by atoms with Crippen molar-refractivity contribution in [3.8, 4) is 0 Å². The molecule has 1 aliphatic heterocycles. The number of hydrogen-bond acceptors (Lipinski definition) is 1. The molecule has 0 amide bonds. The minimum atomic E-state index is -0.718. The van der Waals surface area contributed by atoms with Gasteiger partial charge in [0.2, 0.25) is 0 Å². The van der Waals surface area contributed by atoms with Gasteiger partial charge in [-0.1, -0.05) is 12.1 Å². The molecule has 2 aromatic rings. The van der Waals surface area contributed by atoms with E-state index in [0.717, 1.165) is 40.5 Å². The maximum absolute atomic E-state index is 11.3. The summed E-state index contributed by atoms with van der Waals surface area (Å²) in [5.41, 5.74) is 2.05. The molecule has 1 aromatic carbocycles. The fourth-order valence-corrected chi connectivity index (χ4v) is 3.28. The van der Waals surface area contributed by atoms with Gasteiger partial charge in [-0.25, -0.2) is 0 Å². The third-order valence-electron chi connectivity index (χ3n) is 3.43. The standard InChI is InChI=1S/C13H12BrNO2/c14-10-5-1-3-8-7-11-9(13(16)17)4-2-6-15(11)12(8)10/h1,3,5,7,9H,2,4,6H2,(H,16,17). The minimum Gasteiger partial charge on any atom is -0.481 e. The summed E-state index contributed by atoms with van der Waals surface area (Å²) >= 11 is 3.54. The summed E-state index contributed by atoms with van der Waals surface area (Å²) in [6.45, 7) is 0.908. The van der Waals surface area contributed by atoms with Crippen LogP contribution < -0.4 is 0 Å². The molecule has 0 aliphatic carbocycles. The van der Waals surface area contributed by atoms with Crippen LogP contribution in [0.1, 0.15) is 24.5 Å². The molecular weight excluding hydrogens is 282 g/mol. The smallest absolute Gasteiger partial charge is 0.312 e. The van der Waals surface area contributed by atoms with E-state index in [1.165, 1.54) is 0 Å². The molecule has 4 heteroatoms. The number of nitrogens with zero attached hydrogens (tertiary/aromatic N) is 1. The maximum Gasteiger partial charge on any atom is 0.312 e. The van der Waals surface area contributed by atoms with Crippen LogP contribution in [0.4, 0.5) is 0 Å². The Kier molecular flexibility index (Phi) is 2.47. The van der Waals surface area contributed by atoms with Crippen molar-refractivity contribution in [2.75, 3.05) is 0 Å². The highest BCUT2D eigenvalue weighted by Gasteiger charge is 2.28. The van der Waals surface area contributed by atoms with Crippen molar-refractivity contribution in [3.63, 3.8) is 0 Å². The number of rotatable bonds is 1. The third-order valence-corrected chi connectivity index (χ3v) is 4.07. The zero-order chi connectivity index (χ0) is 12.0. The highest BCUT2D eigenvalue weighted by atomic mass is 79.9. The average molecular weight is 294 g/mol. The molecule has 0 bridgehead atoms. The molecule has 1 aromatic heterocycles. The second-order valence-electron chi connectivity index (χ2n) is 4.43. The second-order valence-corrected chi connectivity index (χ2v) is 5.29. The van der Waals surface area contributed by atoms with Gasteiger partial charge in [-0.2, -0.15) is 0 Å². The molecule has 88 valence electrons. The lowest BCUT2D eigenvalue weighted by atomic mass is 9.96. The molecule has 0 saturated carbocycles. The highest BCUT2D eigenvalue weighted by Crippen LogP contribution is 2.35. The number of aromatic nitrogens is 1. The lowest BCUT2D eigenvalue weighted by Gasteiger charge is -2.22. The molecule has 1 N–H and O–H groups in total. The van der Waals surface area contributed by atoms with Gasteiger partial charge in [-0.05, 0) is 40.9 Å². The van der Waals surface area contributed by atoms with E-state index in [1.54, 1.807) is 0 Å². The summed E-state index contributed by atoms with van der Waals surface area (Å²) in [7, 11) is 0. The molecular formula is C13H12BrNO2. The van der Waals surface area contributed by atoms with Crippen LogP contribution in [0, 0.1) is 0 Å². The topological polar surface area (TPSA) is 42.2 Å². The fourth-order valence-electron chi connectivity index (χ4n) is 2.68. The van der Waals surface area contributed by atoms with Crippen LogP contribution in [0.2, 0.25) is 0 Å². The quantitative estimate of drug-likeness (QED) is 0.876. The van der Waals surface area contributed by atoms with Gasteiger partial charge >= 0.3 is 5.97 Å². The van der Waals surface area contributed by atoms with Crippen LogP contribution in [0.3, 0.4) is 0 Å². The molecule has 3 nitrogen and oxygen atoms in total. The highest BCUT2D eigenvalue weighted by molar-refractivity contribution is 9.10. The molecule has 2 heterocycles. The van der Waals surface area contributed by atoms with Crippen molar-refractivity contribution >= 4 is 32.8 Å². The van der Waals surface area contributed by atoms with Gasteiger partial charge < -0.3 is 9.67 Å². The summed E-state index contributed by atoms with van der Waals surface area (Å²) in [6.07, 6.45) is 1.67. The first-order valence-electron chi connectivity index (χ1n) is 5.69. The lowest BCUT2D eigenvalue weighted by Crippen LogP contribution is -2.21. The number of hydrogen-bond donors (Lipinski definition) is 1. The Morgan fingerprint density at radius 2 is 2.29 bits per heavy atom. The van der Waals surface area contributed by atoms with Crippen molar-refractivity contribution in [1.82, 2.24) is 4.57 Å². The van der Waals surface area contributed by atoms with E-state index in [0.29, 0.717) is 0 Å². The molecule has 1 atom stereocenters. The van der Waals surface area contributed by atoms with E-state index in [-0.39, 0.29) is 5.92 Å². The Labute approximate surface area is 107 Å². The van der Waals surface area contributed by atoms with Gasteiger partial charge in [0, 0.05) is 22.1 Å². The fraction of sp³-hybridized carbons (Fsp3) is 0.308. The lowest BCUT2D eigenvalue weighted by molar-refractivity contribution is -0.139. The van der Waals surface area contributed by atoms with Gasteiger partial charge in [0.1, 0.15) is 0 Å². The summed E-state index contributed by atoms with van der Waals surface area (Å²) in [6, 6.07) is 8.02. The number of fused-ring (bicyclic) bond motifs is 3. The first-order valence-corrected chi connectivity index (χ1v) is 6.48. The van der Waals surface area contributed by atoms with Gasteiger partial charge in [-0.15, -0.1) is 0 Å². The third kappa shape index (κ3) is 1.59. The van der Waals surface area contributed by atoms with Crippen molar-refractivity contribution in [1.29, 1.82) is 0 Å². The predicted molar refractivity (Wildman–Crippen MR) is 69.2 cm³/mol. The molecule has 0 radical (unpaired) electrons. The Balaban J connectivity index is 2.29. The Morgan fingerprint density at radius 3 is 3.06 bits per heavy atom. The van der Waals surface area contributed by atoms with Crippen molar-refractivity contribution < 1.29 is 9.90 Å². The summed E-state index contributed by atoms with van der Waals surface area (Å²) in [5, 5.41) is 10.4. The summed E-state index contributed by atoms with van der Waals surface area (Å²) in [4.78, 5) is 11.3. The minimum absolute atomic E-state index is 0.358. The normalized spacial score (nSPS) is 19.2. The zero-order valence-electron chi connectivity index (χ0n) is 9.19. The van der Waals surface area contributed by atoms with Crippen LogP contribution in [0.5, 0.6) is 0 Å². The van der Waals surface area contributed by atoms with Gasteiger partial charge in [0.15, 0.2) is 0 Å². The number of para-hydroxylation sites is 1. The average Bonchev–Trinajstić information content (AvgIpc) is 2.67. The predicted octanol–water partition coefficient (Wildman–Crippen LogP) is 3.37. The molecule has 17 heavy (non-hydrogen) atoms. The number of carboxylic acid groups (broad SMARTS) is 1. The van der Waals surface area contributed by atoms with E-state index in [4.69, 9.17) is 0 Å². The molecule has 0 fully saturated rings. The van der Waals surface area contributed by atoms with E-state index in [1.807, 2.05) is 24.3 Å². The Hall–Kier alpha value is -1.29. The SMILES string of the molecule is O=C(O)C1CCCn2c1cc1cccc(Br)c12. The number of halogens is 1. The number of carbonyl (C=O) groups is 1. The van der Waals surface area contributed by atoms with Crippen LogP contribution >= 0.6 is 15.9 Å². The number of benzene rings is 1. The summed E-state index contributed by atoms with van der Waals surface area (Å²) < 4.78 is 3.18. The second kappa shape index (κ2) is 3.88. The van der Waals surface area contributed by atoms with Crippen molar-refractivity contribution in [3.05, 3.63) is 34.4 Å². The number of aliphatic carboxylic acids is 1. The van der Waals surface area contributed by atoms with Crippen LogP contribution in [0.25, 0.3) is 10.9 Å². The van der Waals surface area contributed by atoms with Crippen LogP contribution in [-0.2, 0) is 11.3 Å². The number of aryl methyl sites for hydroxylation is 1. The van der Waals surface area contributed by atoms with E-state index >= 15 is 0 Å². The largest absolute Gasteiger partial charge is 0.481 e. The Bertz CT molecular complexity index is 603. The summed E-state index contributed by atoms with van der Waals surface area (Å²) in [5.74, 6) is -1.08. The van der Waals surface area contributed by atoms with Crippen LogP contribution in [-0.4, -0.2) is 15.6 Å². The van der Waals surface area contributed by atoms with Crippen molar-refractivity contribution in [2.24, 2.45) is 0 Å². The maximum atomic E-state index is 11.3. The van der Waals surface area contributed by atoms with Crippen LogP contribution in [0.15, 0.2) is 28.7 Å². The van der Waals surface area contributed by atoms with Gasteiger partial charge in [0.25, 0.3) is 0 Å². The monoisotopic (exact) mass is 293 g/mol. The molecule has 1 unspecified atom stereocenters. The first kappa shape index (κ1) is 10.8. The first-order chi connectivity index (χ1) is 8.18. The molecule has 3 rings (SSSR count). The molecule has 0 saturated heterocycles.